The number of hydrogen-bond donors (Lipinski definition) is 1. The van der Waals surface area contributed by atoms with Crippen LogP contribution in [0.4, 0.5) is 0 Å². The molecule has 4 heteroatoms. The predicted molar refractivity (Wildman–Crippen MR) is 60.9 cm³/mol. The second-order valence-electron chi connectivity index (χ2n) is 4.07. The molecule has 1 N–H and O–H groups in total. The number of furan rings is 1. The Balaban J connectivity index is 2.11. The van der Waals surface area contributed by atoms with Gasteiger partial charge in [-0.1, -0.05) is 13.8 Å². The van der Waals surface area contributed by atoms with E-state index in [1.54, 1.807) is 12.5 Å². The first-order valence-corrected chi connectivity index (χ1v) is 5.39. The number of nitrogens with zero attached hydrogens (tertiary/aromatic N) is 1. The van der Waals surface area contributed by atoms with E-state index in [9.17, 15) is 0 Å². The quantitative estimate of drug-likeness (QED) is 0.860. The minimum absolute atomic E-state index is 0.441. The third-order valence-corrected chi connectivity index (χ3v) is 2.33. The largest absolute Gasteiger partial charge is 0.469 e. The summed E-state index contributed by atoms with van der Waals surface area (Å²) in [6.45, 7) is 6.81. The molecular weight excluding hydrogens is 204 g/mol. The fourth-order valence-corrected chi connectivity index (χ4v) is 1.43. The Kier molecular flexibility index (Phi) is 3.10. The zero-order chi connectivity index (χ0) is 11.5. The molecular formula is C12H16N2O2. The minimum Gasteiger partial charge on any atom is -0.469 e. The molecule has 0 aliphatic heterocycles. The highest BCUT2D eigenvalue weighted by Crippen LogP contribution is 2.23. The van der Waals surface area contributed by atoms with Gasteiger partial charge in [-0.25, -0.2) is 4.98 Å². The summed E-state index contributed by atoms with van der Waals surface area (Å²) in [5.41, 5.74) is 1.82. The highest BCUT2D eigenvalue weighted by Gasteiger charge is 2.11. The van der Waals surface area contributed by atoms with Gasteiger partial charge in [0.05, 0.1) is 17.5 Å². The van der Waals surface area contributed by atoms with Crippen molar-refractivity contribution in [1.82, 2.24) is 10.3 Å². The van der Waals surface area contributed by atoms with Crippen LogP contribution in [-0.2, 0) is 6.54 Å². The molecule has 2 heterocycles. The second-order valence-corrected chi connectivity index (χ2v) is 4.07. The van der Waals surface area contributed by atoms with Crippen LogP contribution in [-0.4, -0.2) is 11.0 Å². The lowest BCUT2D eigenvalue weighted by Crippen LogP contribution is -2.21. The molecule has 4 nitrogen and oxygen atoms in total. The van der Waals surface area contributed by atoms with Gasteiger partial charge in [0.1, 0.15) is 12.0 Å². The van der Waals surface area contributed by atoms with Crippen LogP contribution in [0.15, 0.2) is 27.4 Å². The zero-order valence-electron chi connectivity index (χ0n) is 9.78. The van der Waals surface area contributed by atoms with Gasteiger partial charge in [-0.2, -0.15) is 0 Å². The highest BCUT2D eigenvalue weighted by molar-refractivity contribution is 5.55. The van der Waals surface area contributed by atoms with E-state index in [0.29, 0.717) is 11.9 Å². The van der Waals surface area contributed by atoms with Crippen molar-refractivity contribution in [2.45, 2.75) is 33.4 Å². The molecule has 2 aromatic heterocycles. The summed E-state index contributed by atoms with van der Waals surface area (Å²) >= 11 is 0. The van der Waals surface area contributed by atoms with Crippen molar-refractivity contribution in [2.24, 2.45) is 0 Å². The van der Waals surface area contributed by atoms with E-state index < -0.39 is 0 Å². The highest BCUT2D eigenvalue weighted by atomic mass is 16.4. The van der Waals surface area contributed by atoms with E-state index in [0.717, 1.165) is 23.6 Å². The molecule has 16 heavy (non-hydrogen) atoms. The topological polar surface area (TPSA) is 51.2 Å². The van der Waals surface area contributed by atoms with E-state index in [4.69, 9.17) is 8.83 Å². The summed E-state index contributed by atoms with van der Waals surface area (Å²) in [7, 11) is 0. The van der Waals surface area contributed by atoms with Crippen LogP contribution >= 0.6 is 0 Å². The maximum atomic E-state index is 5.41. The predicted octanol–water partition coefficient (Wildman–Crippen LogP) is 2.74. The van der Waals surface area contributed by atoms with Crippen molar-refractivity contribution in [3.8, 4) is 11.5 Å². The molecule has 0 saturated heterocycles. The van der Waals surface area contributed by atoms with Crippen molar-refractivity contribution in [3.63, 3.8) is 0 Å². The standard InChI is InChI=1S/C12H16N2O2/c1-8(2)13-6-10-7-16-12(14-10)11-4-5-15-9(11)3/h4-5,7-8,13H,6H2,1-3H3. The number of aromatic nitrogens is 1. The number of aryl methyl sites for hydroxylation is 1. The third-order valence-electron chi connectivity index (χ3n) is 2.33. The van der Waals surface area contributed by atoms with Gasteiger partial charge in [-0.05, 0) is 13.0 Å². The Morgan fingerprint density at radius 2 is 2.19 bits per heavy atom. The Bertz CT molecular complexity index is 457. The van der Waals surface area contributed by atoms with Crippen LogP contribution < -0.4 is 5.32 Å². The van der Waals surface area contributed by atoms with Crippen LogP contribution in [0.5, 0.6) is 0 Å². The van der Waals surface area contributed by atoms with Gasteiger partial charge in [0.2, 0.25) is 5.89 Å². The monoisotopic (exact) mass is 220 g/mol. The first-order valence-electron chi connectivity index (χ1n) is 5.39. The van der Waals surface area contributed by atoms with Gasteiger partial charge in [0.25, 0.3) is 0 Å². The molecule has 2 aromatic rings. The van der Waals surface area contributed by atoms with Gasteiger partial charge in [0, 0.05) is 12.6 Å². The molecule has 0 aliphatic carbocycles. The summed E-state index contributed by atoms with van der Waals surface area (Å²) in [4.78, 5) is 4.40. The number of hydrogen-bond acceptors (Lipinski definition) is 4. The maximum Gasteiger partial charge on any atom is 0.229 e. The minimum atomic E-state index is 0.441. The van der Waals surface area contributed by atoms with Crippen molar-refractivity contribution < 1.29 is 8.83 Å². The van der Waals surface area contributed by atoms with Gasteiger partial charge < -0.3 is 14.2 Å². The Hall–Kier alpha value is -1.55. The first-order chi connectivity index (χ1) is 7.66. The molecule has 0 bridgehead atoms. The van der Waals surface area contributed by atoms with Crippen molar-refractivity contribution in [2.75, 3.05) is 0 Å². The first kappa shape index (κ1) is 11.0. The van der Waals surface area contributed by atoms with Gasteiger partial charge >= 0.3 is 0 Å². The van der Waals surface area contributed by atoms with Crippen LogP contribution in [0.2, 0.25) is 0 Å². The van der Waals surface area contributed by atoms with Crippen LogP contribution in [0.25, 0.3) is 11.5 Å². The molecule has 0 amide bonds. The fourth-order valence-electron chi connectivity index (χ4n) is 1.43. The van der Waals surface area contributed by atoms with Gasteiger partial charge in [-0.3, -0.25) is 0 Å². The molecule has 86 valence electrons. The van der Waals surface area contributed by atoms with Crippen molar-refractivity contribution in [3.05, 3.63) is 30.0 Å². The van der Waals surface area contributed by atoms with Crippen molar-refractivity contribution >= 4 is 0 Å². The lowest BCUT2D eigenvalue weighted by atomic mass is 10.2. The van der Waals surface area contributed by atoms with Gasteiger partial charge in [-0.15, -0.1) is 0 Å². The Labute approximate surface area is 94.7 Å². The summed E-state index contributed by atoms with van der Waals surface area (Å²) in [5.74, 6) is 1.44. The van der Waals surface area contributed by atoms with E-state index in [2.05, 4.69) is 24.1 Å². The molecule has 0 fully saturated rings. The Morgan fingerprint density at radius 3 is 2.81 bits per heavy atom. The summed E-state index contributed by atoms with van der Waals surface area (Å²) in [6.07, 6.45) is 3.32. The smallest absolute Gasteiger partial charge is 0.229 e. The Morgan fingerprint density at radius 1 is 1.38 bits per heavy atom. The molecule has 0 aromatic carbocycles. The average molecular weight is 220 g/mol. The van der Waals surface area contributed by atoms with Crippen LogP contribution in [0, 0.1) is 6.92 Å². The number of oxazole rings is 1. The van der Waals surface area contributed by atoms with E-state index in [1.807, 2.05) is 13.0 Å². The number of rotatable bonds is 4. The molecule has 0 aliphatic rings. The van der Waals surface area contributed by atoms with Crippen LogP contribution in [0.1, 0.15) is 25.3 Å². The SMILES string of the molecule is Cc1occc1-c1nc(CNC(C)C)co1. The summed E-state index contributed by atoms with van der Waals surface area (Å²) in [6, 6.07) is 2.30. The van der Waals surface area contributed by atoms with E-state index >= 15 is 0 Å². The zero-order valence-corrected chi connectivity index (χ0v) is 9.78. The fraction of sp³-hybridized carbons (Fsp3) is 0.417. The van der Waals surface area contributed by atoms with E-state index in [-0.39, 0.29) is 0 Å². The normalized spacial score (nSPS) is 11.2. The lowest BCUT2D eigenvalue weighted by molar-refractivity contribution is 0.529. The molecule has 0 atom stereocenters. The molecule has 0 spiro atoms. The summed E-state index contributed by atoms with van der Waals surface area (Å²) < 4.78 is 10.6. The van der Waals surface area contributed by atoms with Crippen molar-refractivity contribution in [1.29, 1.82) is 0 Å². The second kappa shape index (κ2) is 4.53. The van der Waals surface area contributed by atoms with E-state index in [1.165, 1.54) is 0 Å². The molecule has 2 rings (SSSR count). The van der Waals surface area contributed by atoms with Crippen LogP contribution in [0.3, 0.4) is 0 Å². The third kappa shape index (κ3) is 2.33. The molecule has 0 saturated carbocycles. The number of nitrogens with one attached hydrogen (secondary N) is 1. The maximum absolute atomic E-state index is 5.41. The molecule has 0 unspecified atom stereocenters. The molecule has 0 radical (unpaired) electrons. The van der Waals surface area contributed by atoms with Gasteiger partial charge in [0.15, 0.2) is 0 Å². The average Bonchev–Trinajstić information content (AvgIpc) is 2.83. The lowest BCUT2D eigenvalue weighted by Gasteiger charge is -2.03. The summed E-state index contributed by atoms with van der Waals surface area (Å²) in [5, 5.41) is 3.29.